The number of esters is 1. The fourth-order valence-corrected chi connectivity index (χ4v) is 1.27. The van der Waals surface area contributed by atoms with Gasteiger partial charge in [-0.25, -0.2) is 4.79 Å². The lowest BCUT2D eigenvalue weighted by Gasteiger charge is -2.15. The molecule has 15 heavy (non-hydrogen) atoms. The number of rotatable bonds is 4. The minimum atomic E-state index is -0.428. The summed E-state index contributed by atoms with van der Waals surface area (Å²) in [7, 11) is 1.35. The van der Waals surface area contributed by atoms with Crippen LogP contribution in [0.2, 0.25) is 0 Å². The Balaban J connectivity index is 2.75. The van der Waals surface area contributed by atoms with Gasteiger partial charge >= 0.3 is 5.97 Å². The minimum Gasteiger partial charge on any atom is -0.467 e. The molecule has 4 heteroatoms. The largest absolute Gasteiger partial charge is 0.467 e. The fraction of sp³-hybridized carbons (Fsp3) is 0.364. The highest BCUT2D eigenvalue weighted by Gasteiger charge is 2.13. The Morgan fingerprint density at radius 1 is 1.53 bits per heavy atom. The van der Waals surface area contributed by atoms with Crippen molar-refractivity contribution in [1.29, 1.82) is 0 Å². The van der Waals surface area contributed by atoms with Crippen molar-refractivity contribution in [2.75, 3.05) is 12.4 Å². The third-order valence-electron chi connectivity index (χ3n) is 2.11. The number of anilines is 1. The first-order chi connectivity index (χ1) is 7.19. The number of nitrogens with one attached hydrogen (secondary N) is 1. The highest BCUT2D eigenvalue weighted by molar-refractivity contribution is 5.79. The van der Waals surface area contributed by atoms with Gasteiger partial charge < -0.3 is 15.2 Å². The first-order valence-electron chi connectivity index (χ1n) is 4.72. The molecule has 1 aromatic rings. The number of ether oxygens (including phenoxy) is 1. The number of aliphatic hydroxyl groups excluding tert-OH is 1. The second kappa shape index (κ2) is 5.36. The molecule has 0 heterocycles. The highest BCUT2D eigenvalue weighted by Crippen LogP contribution is 2.15. The molecule has 82 valence electrons. The van der Waals surface area contributed by atoms with E-state index in [4.69, 9.17) is 5.11 Å². The number of hydrogen-bond donors (Lipinski definition) is 2. The number of benzene rings is 1. The zero-order valence-corrected chi connectivity index (χ0v) is 8.86. The van der Waals surface area contributed by atoms with Crippen LogP contribution in [0.5, 0.6) is 0 Å². The van der Waals surface area contributed by atoms with E-state index in [9.17, 15) is 4.79 Å². The Hall–Kier alpha value is -1.55. The van der Waals surface area contributed by atoms with E-state index in [-0.39, 0.29) is 12.6 Å². The zero-order valence-electron chi connectivity index (χ0n) is 8.86. The lowest BCUT2D eigenvalue weighted by Crippen LogP contribution is -2.27. The molecule has 0 amide bonds. The summed E-state index contributed by atoms with van der Waals surface area (Å²) in [5, 5.41) is 12.0. The van der Waals surface area contributed by atoms with Gasteiger partial charge in [0.25, 0.3) is 0 Å². The van der Waals surface area contributed by atoms with Crippen molar-refractivity contribution < 1.29 is 14.6 Å². The summed E-state index contributed by atoms with van der Waals surface area (Å²) in [5.74, 6) is -0.331. The number of aliphatic hydroxyl groups is 1. The molecule has 0 aliphatic carbocycles. The summed E-state index contributed by atoms with van der Waals surface area (Å²) < 4.78 is 4.59. The molecule has 0 aliphatic heterocycles. The Morgan fingerprint density at radius 2 is 2.20 bits per heavy atom. The molecule has 0 fully saturated rings. The quantitative estimate of drug-likeness (QED) is 0.730. The second-order valence-electron chi connectivity index (χ2n) is 3.20. The Kier molecular flexibility index (Phi) is 4.12. The van der Waals surface area contributed by atoms with E-state index >= 15 is 0 Å². The lowest BCUT2D eigenvalue weighted by atomic mass is 10.1. The van der Waals surface area contributed by atoms with Crippen molar-refractivity contribution in [3.63, 3.8) is 0 Å². The van der Waals surface area contributed by atoms with E-state index in [0.717, 1.165) is 11.3 Å². The van der Waals surface area contributed by atoms with Crippen LogP contribution in [-0.4, -0.2) is 24.2 Å². The summed E-state index contributed by atoms with van der Waals surface area (Å²) in [5.41, 5.74) is 1.51. The molecule has 0 spiro atoms. The SMILES string of the molecule is COC(=O)C(C)Nc1ccccc1CO. The maximum atomic E-state index is 11.2. The van der Waals surface area contributed by atoms with Gasteiger partial charge in [-0.05, 0) is 13.0 Å². The third kappa shape index (κ3) is 2.95. The second-order valence-corrected chi connectivity index (χ2v) is 3.20. The summed E-state index contributed by atoms with van der Waals surface area (Å²) in [6.45, 7) is 1.65. The van der Waals surface area contributed by atoms with Crippen LogP contribution >= 0.6 is 0 Å². The molecular weight excluding hydrogens is 194 g/mol. The Morgan fingerprint density at radius 3 is 2.80 bits per heavy atom. The Bertz CT molecular complexity index is 338. The Labute approximate surface area is 88.9 Å². The fourth-order valence-electron chi connectivity index (χ4n) is 1.27. The number of carbonyl (C=O) groups is 1. The number of carbonyl (C=O) groups excluding carboxylic acids is 1. The molecule has 2 N–H and O–H groups in total. The molecule has 0 bridgehead atoms. The first-order valence-corrected chi connectivity index (χ1v) is 4.72. The van der Waals surface area contributed by atoms with Gasteiger partial charge in [-0.15, -0.1) is 0 Å². The van der Waals surface area contributed by atoms with E-state index in [1.807, 2.05) is 18.2 Å². The van der Waals surface area contributed by atoms with Gasteiger partial charge in [0.05, 0.1) is 13.7 Å². The van der Waals surface area contributed by atoms with E-state index in [1.165, 1.54) is 7.11 Å². The van der Waals surface area contributed by atoms with Crippen LogP contribution in [0.25, 0.3) is 0 Å². The van der Waals surface area contributed by atoms with Crippen LogP contribution in [0.15, 0.2) is 24.3 Å². The molecule has 1 aromatic carbocycles. The van der Waals surface area contributed by atoms with Crippen LogP contribution in [0.4, 0.5) is 5.69 Å². The predicted octanol–water partition coefficient (Wildman–Crippen LogP) is 1.15. The van der Waals surface area contributed by atoms with E-state index in [0.29, 0.717) is 0 Å². The molecule has 1 unspecified atom stereocenters. The average Bonchev–Trinajstić information content (AvgIpc) is 2.28. The van der Waals surface area contributed by atoms with E-state index < -0.39 is 6.04 Å². The molecule has 0 aromatic heterocycles. The monoisotopic (exact) mass is 209 g/mol. The van der Waals surface area contributed by atoms with Crippen molar-refractivity contribution in [2.24, 2.45) is 0 Å². The van der Waals surface area contributed by atoms with Gasteiger partial charge in [0.1, 0.15) is 6.04 Å². The van der Waals surface area contributed by atoms with Crippen LogP contribution in [0, 0.1) is 0 Å². The van der Waals surface area contributed by atoms with Gasteiger partial charge in [0.2, 0.25) is 0 Å². The number of hydrogen-bond acceptors (Lipinski definition) is 4. The first kappa shape index (κ1) is 11.5. The summed E-state index contributed by atoms with van der Waals surface area (Å²) >= 11 is 0. The summed E-state index contributed by atoms with van der Waals surface area (Å²) in [4.78, 5) is 11.2. The molecule has 0 radical (unpaired) electrons. The molecule has 0 saturated heterocycles. The summed E-state index contributed by atoms with van der Waals surface area (Å²) in [6, 6.07) is 6.85. The minimum absolute atomic E-state index is 0.0585. The lowest BCUT2D eigenvalue weighted by molar-refractivity contribution is -0.141. The topological polar surface area (TPSA) is 58.6 Å². The highest BCUT2D eigenvalue weighted by atomic mass is 16.5. The number of para-hydroxylation sites is 1. The molecule has 0 saturated carbocycles. The molecule has 1 atom stereocenters. The third-order valence-corrected chi connectivity index (χ3v) is 2.11. The van der Waals surface area contributed by atoms with Crippen LogP contribution in [0.1, 0.15) is 12.5 Å². The average molecular weight is 209 g/mol. The van der Waals surface area contributed by atoms with Crippen molar-refractivity contribution in [1.82, 2.24) is 0 Å². The van der Waals surface area contributed by atoms with Crippen LogP contribution in [0.3, 0.4) is 0 Å². The van der Waals surface area contributed by atoms with Crippen molar-refractivity contribution in [2.45, 2.75) is 19.6 Å². The number of methoxy groups -OCH3 is 1. The summed E-state index contributed by atoms with van der Waals surface area (Å²) in [6.07, 6.45) is 0. The van der Waals surface area contributed by atoms with E-state index in [1.54, 1.807) is 13.0 Å². The molecule has 1 rings (SSSR count). The zero-order chi connectivity index (χ0) is 11.3. The van der Waals surface area contributed by atoms with Gasteiger partial charge in [-0.2, -0.15) is 0 Å². The maximum Gasteiger partial charge on any atom is 0.327 e. The normalized spacial score (nSPS) is 11.9. The van der Waals surface area contributed by atoms with Gasteiger partial charge in [0.15, 0.2) is 0 Å². The van der Waals surface area contributed by atoms with Crippen molar-refractivity contribution in [3.8, 4) is 0 Å². The maximum absolute atomic E-state index is 11.2. The molecule has 4 nitrogen and oxygen atoms in total. The van der Waals surface area contributed by atoms with Gasteiger partial charge in [0, 0.05) is 11.3 Å². The van der Waals surface area contributed by atoms with Gasteiger partial charge in [-0.3, -0.25) is 0 Å². The molecule has 0 aliphatic rings. The predicted molar refractivity (Wildman–Crippen MR) is 57.5 cm³/mol. The van der Waals surface area contributed by atoms with Gasteiger partial charge in [-0.1, -0.05) is 18.2 Å². The van der Waals surface area contributed by atoms with Crippen molar-refractivity contribution in [3.05, 3.63) is 29.8 Å². The smallest absolute Gasteiger partial charge is 0.327 e. The molecular formula is C11H15NO3. The standard InChI is InChI=1S/C11H15NO3/c1-8(11(14)15-2)12-10-6-4-3-5-9(10)7-13/h3-6,8,12-13H,7H2,1-2H3. The van der Waals surface area contributed by atoms with Crippen LogP contribution in [-0.2, 0) is 16.1 Å². The van der Waals surface area contributed by atoms with Crippen molar-refractivity contribution >= 4 is 11.7 Å². The van der Waals surface area contributed by atoms with E-state index in [2.05, 4.69) is 10.1 Å². The van der Waals surface area contributed by atoms with Crippen LogP contribution < -0.4 is 5.32 Å².